The summed E-state index contributed by atoms with van der Waals surface area (Å²) in [7, 11) is 0. The fraction of sp³-hybridized carbons (Fsp3) is 0.0204. The van der Waals surface area contributed by atoms with Gasteiger partial charge in [-0.05, 0) is 102 Å². The molecule has 52 heavy (non-hydrogen) atoms. The molecule has 3 nitrogen and oxygen atoms in total. The van der Waals surface area contributed by atoms with Crippen LogP contribution in [0, 0.1) is 6.92 Å². The Morgan fingerprint density at radius 1 is 0.423 bits per heavy atom. The predicted molar refractivity (Wildman–Crippen MR) is 218 cm³/mol. The Balaban J connectivity index is 1.21. The van der Waals surface area contributed by atoms with Gasteiger partial charge in [0.05, 0.1) is 11.0 Å². The topological polar surface area (TPSA) is 21.3 Å². The quantitative estimate of drug-likeness (QED) is 0.176. The van der Waals surface area contributed by atoms with Crippen LogP contribution in [0.4, 0.5) is 17.1 Å². The largest absolute Gasteiger partial charge is 0.456 e. The molecule has 0 unspecified atom stereocenters. The van der Waals surface area contributed by atoms with Crippen LogP contribution < -0.4 is 4.90 Å². The second-order valence-corrected chi connectivity index (χ2v) is 13.4. The first-order chi connectivity index (χ1) is 25.7. The Bertz CT molecular complexity index is 2890. The minimum absolute atomic E-state index is 0.870. The van der Waals surface area contributed by atoms with Gasteiger partial charge >= 0.3 is 0 Å². The van der Waals surface area contributed by atoms with Gasteiger partial charge in [-0.2, -0.15) is 0 Å². The first-order valence-corrected chi connectivity index (χ1v) is 17.8. The summed E-state index contributed by atoms with van der Waals surface area (Å²) in [6.07, 6.45) is 0. The van der Waals surface area contributed by atoms with Crippen molar-refractivity contribution in [1.29, 1.82) is 0 Å². The van der Waals surface area contributed by atoms with E-state index in [9.17, 15) is 0 Å². The van der Waals surface area contributed by atoms with Crippen LogP contribution in [0.15, 0.2) is 192 Å². The van der Waals surface area contributed by atoms with Crippen molar-refractivity contribution < 1.29 is 4.42 Å². The van der Waals surface area contributed by atoms with Crippen molar-refractivity contribution in [3.05, 3.63) is 194 Å². The highest BCUT2D eigenvalue weighted by atomic mass is 16.3. The molecule has 2 aromatic heterocycles. The normalized spacial score (nSPS) is 11.6. The van der Waals surface area contributed by atoms with Gasteiger partial charge in [0.2, 0.25) is 0 Å². The smallest absolute Gasteiger partial charge is 0.136 e. The third-order valence-corrected chi connectivity index (χ3v) is 10.2. The Labute approximate surface area is 302 Å². The molecule has 0 radical (unpaired) electrons. The van der Waals surface area contributed by atoms with E-state index in [1.807, 2.05) is 0 Å². The van der Waals surface area contributed by atoms with E-state index in [-0.39, 0.29) is 0 Å². The minimum Gasteiger partial charge on any atom is -0.456 e. The maximum Gasteiger partial charge on any atom is 0.136 e. The van der Waals surface area contributed by atoms with Crippen LogP contribution in [0.25, 0.3) is 71.7 Å². The van der Waals surface area contributed by atoms with E-state index < -0.39 is 0 Å². The highest BCUT2D eigenvalue weighted by molar-refractivity contribution is 6.18. The lowest BCUT2D eigenvalue weighted by Gasteiger charge is -2.25. The van der Waals surface area contributed by atoms with E-state index in [4.69, 9.17) is 4.42 Å². The standard InChI is InChI=1S/C49H34N2O/c1-33-23-26-38(27-24-33)50(36-15-7-3-8-16-36)39-28-30-46-43(32-39)49-41(20-12-22-47(49)52-46)35-25-29-42-45(31-35)51(37-17-9-4-10-18-37)44-21-11-19-40(48(42)44)34-13-5-2-6-14-34/h2-32H,1H3. The van der Waals surface area contributed by atoms with E-state index >= 15 is 0 Å². The van der Waals surface area contributed by atoms with Crippen LogP contribution in [0.3, 0.4) is 0 Å². The average Bonchev–Trinajstić information content (AvgIpc) is 3.75. The summed E-state index contributed by atoms with van der Waals surface area (Å²) in [6.45, 7) is 2.13. The van der Waals surface area contributed by atoms with Gasteiger partial charge in [-0.15, -0.1) is 0 Å². The van der Waals surface area contributed by atoms with Crippen LogP contribution in [0.1, 0.15) is 5.56 Å². The van der Waals surface area contributed by atoms with Crippen molar-refractivity contribution in [1.82, 2.24) is 4.57 Å². The van der Waals surface area contributed by atoms with E-state index in [0.717, 1.165) is 55.8 Å². The highest BCUT2D eigenvalue weighted by Crippen LogP contribution is 2.44. The number of hydrogen-bond acceptors (Lipinski definition) is 2. The summed E-state index contributed by atoms with van der Waals surface area (Å²) in [4.78, 5) is 2.31. The van der Waals surface area contributed by atoms with Crippen molar-refractivity contribution >= 4 is 60.8 Å². The lowest BCUT2D eigenvalue weighted by atomic mass is 9.96. The molecule has 0 fully saturated rings. The van der Waals surface area contributed by atoms with Crippen molar-refractivity contribution in [2.24, 2.45) is 0 Å². The highest BCUT2D eigenvalue weighted by Gasteiger charge is 2.20. The molecule has 3 heteroatoms. The molecule has 0 spiro atoms. The molecule has 0 aliphatic rings. The molecule has 0 bridgehead atoms. The zero-order chi connectivity index (χ0) is 34.6. The summed E-state index contributed by atoms with van der Waals surface area (Å²) >= 11 is 0. The van der Waals surface area contributed by atoms with E-state index in [2.05, 4.69) is 204 Å². The van der Waals surface area contributed by atoms with Crippen LogP contribution in [-0.4, -0.2) is 4.57 Å². The van der Waals surface area contributed by atoms with Crippen LogP contribution in [0.5, 0.6) is 0 Å². The monoisotopic (exact) mass is 666 g/mol. The number of benzene rings is 8. The molecule has 0 amide bonds. The molecule has 0 aliphatic heterocycles. The molecule has 8 aromatic carbocycles. The van der Waals surface area contributed by atoms with Gasteiger partial charge in [0, 0.05) is 44.3 Å². The molecule has 0 N–H and O–H groups in total. The first-order valence-electron chi connectivity index (χ1n) is 17.8. The molecule has 10 rings (SSSR count). The Hall–Kier alpha value is -6.84. The number of para-hydroxylation sites is 2. The van der Waals surface area contributed by atoms with Gasteiger partial charge in [0.15, 0.2) is 0 Å². The molecule has 246 valence electrons. The average molecular weight is 667 g/mol. The second kappa shape index (κ2) is 12.2. The number of aromatic nitrogens is 1. The minimum atomic E-state index is 0.870. The van der Waals surface area contributed by atoms with Crippen LogP contribution in [0.2, 0.25) is 0 Å². The van der Waals surface area contributed by atoms with Gasteiger partial charge in [0.25, 0.3) is 0 Å². The van der Waals surface area contributed by atoms with E-state index in [0.29, 0.717) is 0 Å². The van der Waals surface area contributed by atoms with Gasteiger partial charge in [-0.1, -0.05) is 121 Å². The number of anilines is 3. The fourth-order valence-electron chi connectivity index (χ4n) is 7.86. The molecule has 0 atom stereocenters. The molecule has 0 saturated carbocycles. The number of rotatable bonds is 6. The maximum atomic E-state index is 6.55. The van der Waals surface area contributed by atoms with Crippen molar-refractivity contribution in [3.63, 3.8) is 0 Å². The number of fused-ring (bicyclic) bond motifs is 6. The lowest BCUT2D eigenvalue weighted by molar-refractivity contribution is 0.669. The fourth-order valence-corrected chi connectivity index (χ4v) is 7.86. The second-order valence-electron chi connectivity index (χ2n) is 13.4. The number of furan rings is 1. The Morgan fingerprint density at radius 3 is 1.85 bits per heavy atom. The van der Waals surface area contributed by atoms with Gasteiger partial charge in [-0.3, -0.25) is 0 Å². The molecule has 10 aromatic rings. The molecular formula is C49H34N2O. The molecule has 0 aliphatic carbocycles. The lowest BCUT2D eigenvalue weighted by Crippen LogP contribution is -2.09. The summed E-state index contributed by atoms with van der Waals surface area (Å²) in [5.74, 6) is 0. The first kappa shape index (κ1) is 30.0. The number of aryl methyl sites for hydroxylation is 1. The summed E-state index contributed by atoms with van der Waals surface area (Å²) in [5, 5.41) is 4.69. The molecule has 2 heterocycles. The Morgan fingerprint density at radius 2 is 1.08 bits per heavy atom. The summed E-state index contributed by atoms with van der Waals surface area (Å²) < 4.78 is 8.95. The predicted octanol–water partition coefficient (Wildman–Crippen LogP) is 13.8. The van der Waals surface area contributed by atoms with Crippen molar-refractivity contribution in [2.45, 2.75) is 6.92 Å². The van der Waals surface area contributed by atoms with Gasteiger partial charge < -0.3 is 13.9 Å². The van der Waals surface area contributed by atoms with Gasteiger partial charge in [0.1, 0.15) is 11.2 Å². The molecule has 0 saturated heterocycles. The van der Waals surface area contributed by atoms with Gasteiger partial charge in [-0.25, -0.2) is 0 Å². The molecular weight excluding hydrogens is 633 g/mol. The number of nitrogens with zero attached hydrogens (tertiary/aromatic N) is 2. The zero-order valence-electron chi connectivity index (χ0n) is 28.7. The number of hydrogen-bond donors (Lipinski definition) is 0. The SMILES string of the molecule is Cc1ccc(N(c2ccccc2)c2ccc3oc4cccc(-c5ccc6c7c(-c8ccccc8)cccc7n(-c7ccccc7)c6c5)c4c3c2)cc1. The summed E-state index contributed by atoms with van der Waals surface area (Å²) in [5.41, 5.74) is 14.5. The van der Waals surface area contributed by atoms with Crippen LogP contribution in [-0.2, 0) is 0 Å². The maximum absolute atomic E-state index is 6.55. The van der Waals surface area contributed by atoms with Crippen molar-refractivity contribution in [3.8, 4) is 27.9 Å². The Kier molecular flexibility index (Phi) is 7.04. The summed E-state index contributed by atoms with van der Waals surface area (Å²) in [6, 6.07) is 67.3. The van der Waals surface area contributed by atoms with E-state index in [1.54, 1.807) is 0 Å². The third kappa shape index (κ3) is 4.90. The van der Waals surface area contributed by atoms with E-state index in [1.165, 1.54) is 38.5 Å². The van der Waals surface area contributed by atoms with Crippen molar-refractivity contribution in [2.75, 3.05) is 4.90 Å². The third-order valence-electron chi connectivity index (χ3n) is 10.2. The zero-order valence-corrected chi connectivity index (χ0v) is 28.7. The van der Waals surface area contributed by atoms with Crippen LogP contribution >= 0.6 is 0 Å².